The van der Waals surface area contributed by atoms with Gasteiger partial charge in [-0.05, 0) is 151 Å². The van der Waals surface area contributed by atoms with Gasteiger partial charge >= 0.3 is 0 Å². The molecule has 0 aliphatic heterocycles. The molecule has 2 heteroatoms. The highest BCUT2D eigenvalue weighted by molar-refractivity contribution is 6.11. The molecule has 10 aromatic carbocycles. The molecule has 0 atom stereocenters. The maximum atomic E-state index is 2.46. The van der Waals surface area contributed by atoms with E-state index < -0.39 is 0 Å². The van der Waals surface area contributed by atoms with Crippen molar-refractivity contribution in [3.63, 3.8) is 0 Å². The summed E-state index contributed by atoms with van der Waals surface area (Å²) in [5.41, 5.74) is 24.8. The van der Waals surface area contributed by atoms with Crippen molar-refractivity contribution in [2.24, 2.45) is 0 Å². The van der Waals surface area contributed by atoms with E-state index in [2.05, 4.69) is 268 Å². The van der Waals surface area contributed by atoms with Crippen LogP contribution in [0.4, 0.5) is 17.1 Å². The molecule has 324 valence electrons. The van der Waals surface area contributed by atoms with Gasteiger partial charge < -0.3 is 9.47 Å². The molecule has 68 heavy (non-hydrogen) atoms. The quantitative estimate of drug-likeness (QED) is 0.155. The van der Waals surface area contributed by atoms with E-state index in [0.717, 1.165) is 22.7 Å². The predicted molar refractivity (Wildman–Crippen MR) is 287 cm³/mol. The molecule has 0 fully saturated rings. The lowest BCUT2D eigenvalue weighted by atomic mass is 9.82. The first-order valence-electron chi connectivity index (χ1n) is 23.9. The molecule has 0 radical (unpaired) electrons. The fourth-order valence-electron chi connectivity index (χ4n) is 11.7. The topological polar surface area (TPSA) is 8.17 Å². The van der Waals surface area contributed by atoms with Crippen LogP contribution < -0.4 is 4.90 Å². The summed E-state index contributed by atoms with van der Waals surface area (Å²) < 4.78 is 2.45. The fraction of sp³-hybridized carbons (Fsp3) is 0.0909. The maximum Gasteiger partial charge on any atom is 0.0547 e. The predicted octanol–water partition coefficient (Wildman–Crippen LogP) is 17.9. The van der Waals surface area contributed by atoms with Crippen LogP contribution in [0.1, 0.15) is 49.9 Å². The summed E-state index contributed by atoms with van der Waals surface area (Å²) in [4.78, 5) is 2.42. The van der Waals surface area contributed by atoms with Gasteiger partial charge in [0.15, 0.2) is 0 Å². The molecule has 0 amide bonds. The van der Waals surface area contributed by atoms with E-state index in [-0.39, 0.29) is 10.8 Å². The Balaban J connectivity index is 0.869. The Morgan fingerprint density at radius 2 is 0.794 bits per heavy atom. The van der Waals surface area contributed by atoms with Crippen LogP contribution in [0.25, 0.3) is 83.1 Å². The van der Waals surface area contributed by atoms with Gasteiger partial charge in [0.05, 0.1) is 11.0 Å². The lowest BCUT2D eigenvalue weighted by Gasteiger charge is -2.28. The number of hydrogen-bond donors (Lipinski definition) is 0. The van der Waals surface area contributed by atoms with Crippen molar-refractivity contribution < 1.29 is 0 Å². The summed E-state index contributed by atoms with van der Waals surface area (Å²) in [7, 11) is 0. The van der Waals surface area contributed by atoms with Crippen molar-refractivity contribution in [2.45, 2.75) is 38.5 Å². The molecule has 0 saturated heterocycles. The van der Waals surface area contributed by atoms with E-state index in [4.69, 9.17) is 0 Å². The Bertz CT molecular complexity index is 3770. The molecule has 11 aromatic rings. The standard InChI is InChI=1S/C66H50N2/c1-65(2)59-25-11-8-22-53(59)55-37-36-52(40-61(55)65)67(49-32-28-44(29-33-49)43-16-6-5-7-17-43)51-21-15-20-48(39-51)47-19-14-18-46(38-47)45-30-34-50(35-31-45)68-63-27-13-10-24-56(63)58-41-62-57(42-64(58)68)54-23-9-12-26-60(54)66(62,3)4/h5-42H,1-4H3. The van der Waals surface area contributed by atoms with Gasteiger partial charge in [0.2, 0.25) is 0 Å². The summed E-state index contributed by atoms with van der Waals surface area (Å²) in [6, 6.07) is 85.4. The van der Waals surface area contributed by atoms with E-state index >= 15 is 0 Å². The fourth-order valence-corrected chi connectivity index (χ4v) is 11.7. The Hall–Kier alpha value is -8.20. The van der Waals surface area contributed by atoms with E-state index in [0.29, 0.717) is 0 Å². The van der Waals surface area contributed by atoms with E-state index in [1.54, 1.807) is 0 Å². The number of hydrogen-bond acceptors (Lipinski definition) is 1. The van der Waals surface area contributed by atoms with Gasteiger partial charge in [-0.3, -0.25) is 0 Å². The van der Waals surface area contributed by atoms with Crippen molar-refractivity contribution in [3.8, 4) is 61.3 Å². The highest BCUT2D eigenvalue weighted by Gasteiger charge is 2.37. The highest BCUT2D eigenvalue weighted by atomic mass is 15.1. The summed E-state index contributed by atoms with van der Waals surface area (Å²) >= 11 is 0. The van der Waals surface area contributed by atoms with Crippen molar-refractivity contribution >= 4 is 38.9 Å². The molecule has 1 heterocycles. The minimum atomic E-state index is -0.112. The van der Waals surface area contributed by atoms with Gasteiger partial charge in [-0.15, -0.1) is 0 Å². The Morgan fingerprint density at radius 1 is 0.294 bits per heavy atom. The average molecular weight is 871 g/mol. The molecule has 0 unspecified atom stereocenters. The molecular weight excluding hydrogens is 821 g/mol. The van der Waals surface area contributed by atoms with Crippen LogP contribution in [0.2, 0.25) is 0 Å². The number of rotatable bonds is 7. The number of para-hydroxylation sites is 1. The van der Waals surface area contributed by atoms with Crippen LogP contribution in [-0.2, 0) is 10.8 Å². The molecule has 0 saturated carbocycles. The second-order valence-corrected chi connectivity index (χ2v) is 19.8. The van der Waals surface area contributed by atoms with E-state index in [1.165, 1.54) is 99.7 Å². The number of anilines is 3. The van der Waals surface area contributed by atoms with Crippen LogP contribution >= 0.6 is 0 Å². The Kier molecular flexibility index (Phi) is 8.95. The van der Waals surface area contributed by atoms with Crippen molar-refractivity contribution in [3.05, 3.63) is 253 Å². The van der Waals surface area contributed by atoms with Gasteiger partial charge in [0, 0.05) is 44.4 Å². The summed E-state index contributed by atoms with van der Waals surface area (Å²) in [5.74, 6) is 0. The molecule has 0 bridgehead atoms. The Morgan fingerprint density at radius 3 is 1.53 bits per heavy atom. The molecule has 13 rings (SSSR count). The monoisotopic (exact) mass is 870 g/mol. The number of nitrogens with zero attached hydrogens (tertiary/aromatic N) is 2. The van der Waals surface area contributed by atoms with Gasteiger partial charge in [-0.1, -0.05) is 185 Å². The first-order valence-corrected chi connectivity index (χ1v) is 23.9. The normalized spacial score (nSPS) is 13.8. The molecule has 1 aromatic heterocycles. The van der Waals surface area contributed by atoms with E-state index in [1.807, 2.05) is 0 Å². The lowest BCUT2D eigenvalue weighted by molar-refractivity contribution is 0.660. The van der Waals surface area contributed by atoms with Crippen molar-refractivity contribution in [1.82, 2.24) is 4.57 Å². The van der Waals surface area contributed by atoms with Gasteiger partial charge in [-0.2, -0.15) is 0 Å². The summed E-state index contributed by atoms with van der Waals surface area (Å²) in [5, 5.41) is 2.58. The van der Waals surface area contributed by atoms with Crippen LogP contribution in [0.15, 0.2) is 231 Å². The molecule has 2 nitrogen and oxygen atoms in total. The third kappa shape index (κ3) is 6.17. The second-order valence-electron chi connectivity index (χ2n) is 19.8. The second kappa shape index (κ2) is 15.2. The molecule has 2 aliphatic carbocycles. The first kappa shape index (κ1) is 40.1. The first-order chi connectivity index (χ1) is 33.2. The van der Waals surface area contributed by atoms with Crippen LogP contribution in [-0.4, -0.2) is 4.57 Å². The summed E-state index contributed by atoms with van der Waals surface area (Å²) in [6.07, 6.45) is 0. The minimum absolute atomic E-state index is 0.0531. The maximum absolute atomic E-state index is 2.46. The van der Waals surface area contributed by atoms with Crippen LogP contribution in [0.5, 0.6) is 0 Å². The lowest BCUT2D eigenvalue weighted by Crippen LogP contribution is -2.16. The van der Waals surface area contributed by atoms with E-state index in [9.17, 15) is 0 Å². The number of fused-ring (bicyclic) bond motifs is 9. The number of aromatic nitrogens is 1. The van der Waals surface area contributed by atoms with Gasteiger partial charge in [-0.25, -0.2) is 0 Å². The largest absolute Gasteiger partial charge is 0.310 e. The smallest absolute Gasteiger partial charge is 0.0547 e. The average Bonchev–Trinajstić information content (AvgIpc) is 3.92. The molecular formula is C66H50N2. The highest BCUT2D eigenvalue weighted by Crippen LogP contribution is 2.52. The Labute approximate surface area is 399 Å². The summed E-state index contributed by atoms with van der Waals surface area (Å²) in [6.45, 7) is 9.44. The zero-order chi connectivity index (χ0) is 45.7. The third-order valence-corrected chi connectivity index (χ3v) is 15.2. The van der Waals surface area contributed by atoms with Gasteiger partial charge in [0.1, 0.15) is 0 Å². The third-order valence-electron chi connectivity index (χ3n) is 15.2. The molecule has 0 N–H and O–H groups in total. The van der Waals surface area contributed by atoms with Gasteiger partial charge in [0.25, 0.3) is 0 Å². The van der Waals surface area contributed by atoms with Crippen molar-refractivity contribution in [2.75, 3.05) is 4.90 Å². The molecule has 2 aliphatic rings. The van der Waals surface area contributed by atoms with Crippen molar-refractivity contribution in [1.29, 1.82) is 0 Å². The zero-order valence-corrected chi connectivity index (χ0v) is 38.8. The number of benzene rings is 10. The SMILES string of the molecule is CC1(C)c2ccccc2-c2ccc(N(c3ccc(-c4ccccc4)cc3)c3cccc(-c4cccc(-c5ccc(-n6c7ccccc7c7cc8c(cc76)-c6ccccc6C8(C)C)cc5)c4)c3)cc21. The molecule has 0 spiro atoms. The zero-order valence-electron chi connectivity index (χ0n) is 38.8. The van der Waals surface area contributed by atoms with Crippen LogP contribution in [0, 0.1) is 0 Å². The minimum Gasteiger partial charge on any atom is -0.310 e. The van der Waals surface area contributed by atoms with Crippen LogP contribution in [0.3, 0.4) is 0 Å².